The van der Waals surface area contributed by atoms with Gasteiger partial charge in [0.25, 0.3) is 0 Å². The molecule has 0 bridgehead atoms. The van der Waals surface area contributed by atoms with Gasteiger partial charge in [-0.2, -0.15) is 0 Å². The fourth-order valence-electron chi connectivity index (χ4n) is 1.56. The molecule has 0 amide bonds. The third-order valence-corrected chi connectivity index (χ3v) is 2.35. The maximum absolute atomic E-state index is 4.90. The van der Waals surface area contributed by atoms with Crippen LogP contribution in [0.25, 0.3) is 16.8 Å². The second-order valence-corrected chi connectivity index (χ2v) is 3.33. The zero-order chi connectivity index (χ0) is 10.3. The summed E-state index contributed by atoms with van der Waals surface area (Å²) in [6.45, 7) is 1.91. The van der Waals surface area contributed by atoms with Crippen LogP contribution in [0, 0.1) is 6.92 Å². The molecule has 3 heterocycles. The monoisotopic (exact) mass is 200 g/mol. The predicted octanol–water partition coefficient (Wildman–Crippen LogP) is 1.69. The van der Waals surface area contributed by atoms with Gasteiger partial charge in [0.1, 0.15) is 12.6 Å². The molecule has 0 aliphatic heterocycles. The van der Waals surface area contributed by atoms with Crippen LogP contribution < -0.4 is 0 Å². The average molecular weight is 200 g/mol. The predicted molar refractivity (Wildman–Crippen MR) is 53.2 cm³/mol. The molecule has 5 heteroatoms. The number of hydrogen-bond acceptors (Lipinski definition) is 4. The number of aryl methyl sites for hydroxylation is 1. The van der Waals surface area contributed by atoms with Crippen LogP contribution in [-0.2, 0) is 0 Å². The van der Waals surface area contributed by atoms with Gasteiger partial charge in [-0.3, -0.25) is 4.40 Å². The Hall–Kier alpha value is -2.17. The number of hydrogen-bond donors (Lipinski definition) is 0. The smallest absolute Gasteiger partial charge is 0.160 e. The maximum atomic E-state index is 4.90. The first kappa shape index (κ1) is 8.16. The molecule has 0 aliphatic rings. The molecule has 3 rings (SSSR count). The normalized spacial score (nSPS) is 11.0. The molecule has 0 aliphatic carbocycles. The topological polar surface area (TPSA) is 56.2 Å². The minimum atomic E-state index is 0.827. The molecule has 15 heavy (non-hydrogen) atoms. The summed E-state index contributed by atoms with van der Waals surface area (Å²) in [5.74, 6) is 0. The quantitative estimate of drug-likeness (QED) is 0.599. The summed E-state index contributed by atoms with van der Waals surface area (Å²) in [5.41, 5.74) is 3.74. The molecular weight excluding hydrogens is 192 g/mol. The average Bonchev–Trinajstić information content (AvgIpc) is 2.84. The Morgan fingerprint density at radius 3 is 3.07 bits per heavy atom. The van der Waals surface area contributed by atoms with Crippen molar-refractivity contribution >= 4 is 5.65 Å². The van der Waals surface area contributed by atoms with Gasteiger partial charge >= 0.3 is 0 Å². The Morgan fingerprint density at radius 1 is 1.33 bits per heavy atom. The summed E-state index contributed by atoms with van der Waals surface area (Å²) in [7, 11) is 0. The van der Waals surface area contributed by atoms with Gasteiger partial charge in [0.05, 0.1) is 5.69 Å². The standard InChI is InChI=1S/C10H8N4O/c1-7-9(5-15-13-7)8-2-3-10-12-11-6-14(10)4-8/h2-6H,1H3. The van der Waals surface area contributed by atoms with Crippen molar-refractivity contribution in [2.75, 3.05) is 0 Å². The molecule has 0 radical (unpaired) electrons. The highest BCUT2D eigenvalue weighted by Gasteiger charge is 2.06. The summed E-state index contributed by atoms with van der Waals surface area (Å²) >= 11 is 0. The lowest BCUT2D eigenvalue weighted by Gasteiger charge is -1.98. The van der Waals surface area contributed by atoms with Gasteiger partial charge in [0.2, 0.25) is 0 Å². The first-order valence-electron chi connectivity index (χ1n) is 4.55. The van der Waals surface area contributed by atoms with Crippen molar-refractivity contribution in [1.82, 2.24) is 19.8 Å². The van der Waals surface area contributed by atoms with Crippen LogP contribution >= 0.6 is 0 Å². The largest absolute Gasteiger partial charge is 0.364 e. The molecule has 0 N–H and O–H groups in total. The van der Waals surface area contributed by atoms with Crippen molar-refractivity contribution in [3.05, 3.63) is 36.6 Å². The molecule has 74 valence electrons. The maximum Gasteiger partial charge on any atom is 0.160 e. The number of nitrogens with zero attached hydrogens (tertiary/aromatic N) is 4. The Kier molecular flexibility index (Phi) is 1.58. The van der Waals surface area contributed by atoms with Gasteiger partial charge in [-0.25, -0.2) is 0 Å². The van der Waals surface area contributed by atoms with Gasteiger partial charge in [-0.1, -0.05) is 5.16 Å². The van der Waals surface area contributed by atoms with Crippen LogP contribution in [-0.4, -0.2) is 19.8 Å². The minimum Gasteiger partial charge on any atom is -0.364 e. The van der Waals surface area contributed by atoms with Gasteiger partial charge in [-0.15, -0.1) is 10.2 Å². The van der Waals surface area contributed by atoms with E-state index in [1.165, 1.54) is 0 Å². The van der Waals surface area contributed by atoms with E-state index in [9.17, 15) is 0 Å². The molecule has 0 saturated carbocycles. The van der Waals surface area contributed by atoms with Gasteiger partial charge in [0.15, 0.2) is 5.65 Å². The lowest BCUT2D eigenvalue weighted by Crippen LogP contribution is -1.85. The Labute approximate surface area is 85.3 Å². The molecule has 5 nitrogen and oxygen atoms in total. The van der Waals surface area contributed by atoms with Crippen LogP contribution in [0.2, 0.25) is 0 Å². The highest BCUT2D eigenvalue weighted by atomic mass is 16.5. The van der Waals surface area contributed by atoms with Crippen molar-refractivity contribution in [2.45, 2.75) is 6.92 Å². The summed E-state index contributed by atoms with van der Waals surface area (Å²) in [6.07, 6.45) is 5.26. The molecule has 3 aromatic heterocycles. The van der Waals surface area contributed by atoms with E-state index in [0.29, 0.717) is 0 Å². The molecule has 0 spiro atoms. The Balaban J connectivity index is 2.23. The van der Waals surface area contributed by atoms with Crippen molar-refractivity contribution < 1.29 is 4.52 Å². The molecule has 0 unspecified atom stereocenters. The van der Waals surface area contributed by atoms with E-state index in [2.05, 4.69) is 15.4 Å². The van der Waals surface area contributed by atoms with Crippen LogP contribution in [0.15, 0.2) is 35.4 Å². The number of aromatic nitrogens is 4. The van der Waals surface area contributed by atoms with Crippen molar-refractivity contribution in [1.29, 1.82) is 0 Å². The van der Waals surface area contributed by atoms with Crippen molar-refractivity contribution in [2.24, 2.45) is 0 Å². The van der Waals surface area contributed by atoms with Crippen molar-refractivity contribution in [3.63, 3.8) is 0 Å². The zero-order valence-corrected chi connectivity index (χ0v) is 8.08. The van der Waals surface area contributed by atoms with E-state index >= 15 is 0 Å². The summed E-state index contributed by atoms with van der Waals surface area (Å²) in [6, 6.07) is 3.89. The second kappa shape index (κ2) is 2.91. The summed E-state index contributed by atoms with van der Waals surface area (Å²) in [5, 5.41) is 11.6. The summed E-state index contributed by atoms with van der Waals surface area (Å²) in [4.78, 5) is 0. The number of rotatable bonds is 1. The molecule has 0 aromatic carbocycles. The first-order valence-corrected chi connectivity index (χ1v) is 4.55. The first-order chi connectivity index (χ1) is 7.34. The molecule has 0 fully saturated rings. The van der Waals surface area contributed by atoms with E-state index in [0.717, 1.165) is 22.5 Å². The highest BCUT2D eigenvalue weighted by Crippen LogP contribution is 2.22. The van der Waals surface area contributed by atoms with E-state index in [4.69, 9.17) is 4.52 Å². The molecular formula is C10H8N4O. The van der Waals surface area contributed by atoms with E-state index in [1.54, 1.807) is 12.6 Å². The summed E-state index contributed by atoms with van der Waals surface area (Å²) < 4.78 is 6.77. The van der Waals surface area contributed by atoms with Crippen LogP contribution in [0.4, 0.5) is 0 Å². The van der Waals surface area contributed by atoms with E-state index < -0.39 is 0 Å². The fourth-order valence-corrected chi connectivity index (χ4v) is 1.56. The lowest BCUT2D eigenvalue weighted by atomic mass is 10.1. The fraction of sp³-hybridized carbons (Fsp3) is 0.100. The molecule has 0 atom stereocenters. The van der Waals surface area contributed by atoms with Gasteiger partial charge < -0.3 is 4.52 Å². The third kappa shape index (κ3) is 1.20. The second-order valence-electron chi connectivity index (χ2n) is 3.33. The van der Waals surface area contributed by atoms with Crippen LogP contribution in [0.1, 0.15) is 5.69 Å². The SMILES string of the molecule is Cc1nocc1-c1ccc2nncn2c1. The van der Waals surface area contributed by atoms with E-state index in [1.807, 2.05) is 29.7 Å². The highest BCUT2D eigenvalue weighted by molar-refractivity contribution is 5.65. The molecule has 3 aromatic rings. The zero-order valence-electron chi connectivity index (χ0n) is 8.08. The van der Waals surface area contributed by atoms with Gasteiger partial charge in [0, 0.05) is 17.3 Å². The Morgan fingerprint density at radius 2 is 2.27 bits per heavy atom. The van der Waals surface area contributed by atoms with Crippen LogP contribution in [0.5, 0.6) is 0 Å². The third-order valence-electron chi connectivity index (χ3n) is 2.35. The van der Waals surface area contributed by atoms with Crippen molar-refractivity contribution in [3.8, 4) is 11.1 Å². The van der Waals surface area contributed by atoms with Crippen LogP contribution in [0.3, 0.4) is 0 Å². The number of fused-ring (bicyclic) bond motifs is 1. The molecule has 0 saturated heterocycles. The van der Waals surface area contributed by atoms with E-state index in [-0.39, 0.29) is 0 Å². The lowest BCUT2D eigenvalue weighted by molar-refractivity contribution is 0.415. The number of pyridine rings is 1. The van der Waals surface area contributed by atoms with Gasteiger partial charge in [-0.05, 0) is 19.1 Å². The minimum absolute atomic E-state index is 0.827. The Bertz CT molecular complexity index is 610.